The Morgan fingerprint density at radius 3 is 2.45 bits per heavy atom. The molecule has 0 spiro atoms. The monoisotopic (exact) mass is 432 g/mol. The second-order valence-electron chi connectivity index (χ2n) is 13.2. The third-order valence-corrected chi connectivity index (χ3v) is 10.9. The van der Waals surface area contributed by atoms with Crippen molar-refractivity contribution in [3.63, 3.8) is 0 Å². The lowest BCUT2D eigenvalue weighted by Crippen LogP contribution is -2.55. The summed E-state index contributed by atoms with van der Waals surface area (Å²) in [5.74, 6) is 4.15. The van der Waals surface area contributed by atoms with Gasteiger partial charge in [-0.25, -0.2) is 0 Å². The third-order valence-electron chi connectivity index (χ3n) is 10.9. The largest absolute Gasteiger partial charge is 0.396 e. The molecule has 3 N–H and O–H groups in total. The van der Waals surface area contributed by atoms with Crippen molar-refractivity contribution in [3.8, 4) is 0 Å². The van der Waals surface area contributed by atoms with Gasteiger partial charge in [0.15, 0.2) is 0 Å². The smallest absolute Gasteiger partial charge is 0.0641 e. The van der Waals surface area contributed by atoms with Crippen LogP contribution in [0.1, 0.15) is 98.8 Å². The molecule has 0 aromatic carbocycles. The highest BCUT2D eigenvalue weighted by Crippen LogP contribution is 2.67. The summed E-state index contributed by atoms with van der Waals surface area (Å²) in [6.07, 6.45) is 15.8. The Balaban J connectivity index is 1.46. The number of rotatable bonds is 6. The van der Waals surface area contributed by atoms with Gasteiger partial charge in [-0.05, 0) is 124 Å². The first-order valence-electron chi connectivity index (χ1n) is 13.2. The Labute approximate surface area is 190 Å². The van der Waals surface area contributed by atoms with Crippen molar-refractivity contribution in [2.24, 2.45) is 46.3 Å². The van der Waals surface area contributed by atoms with E-state index in [0.717, 1.165) is 37.5 Å². The summed E-state index contributed by atoms with van der Waals surface area (Å²) in [5.41, 5.74) is -0.441. The van der Waals surface area contributed by atoms with Crippen LogP contribution in [0.2, 0.25) is 0 Å². The first-order chi connectivity index (χ1) is 14.4. The van der Waals surface area contributed by atoms with E-state index in [4.69, 9.17) is 0 Å². The summed E-state index contributed by atoms with van der Waals surface area (Å²) < 4.78 is 0. The molecule has 0 heterocycles. The van der Waals surface area contributed by atoms with E-state index in [0.29, 0.717) is 40.9 Å². The zero-order valence-corrected chi connectivity index (χ0v) is 20.7. The molecule has 4 aliphatic rings. The topological polar surface area (TPSA) is 60.7 Å². The molecule has 3 nitrogen and oxygen atoms in total. The molecule has 0 aromatic heterocycles. The number of fused-ring (bicyclic) bond motifs is 5. The Morgan fingerprint density at radius 1 is 1.00 bits per heavy atom. The molecular weight excluding hydrogens is 384 g/mol. The van der Waals surface area contributed by atoms with Crippen molar-refractivity contribution in [2.45, 2.75) is 110 Å². The standard InChI is InChI=1S/C28H48O3/c1-19(10-12-25(2,30)16-17-29)22-8-9-23-21-7-6-20-18-26(3,31)14-15-27(20,4)24(21)11-13-28(22,23)5/h8-9,19-24,29-31H,6-7,10-18H2,1-5H3/t19-,20?,21+,22-,23+,24+,25-,26+,27+,28-/m1/s1. The molecule has 1 unspecified atom stereocenters. The molecule has 178 valence electrons. The van der Waals surface area contributed by atoms with Gasteiger partial charge in [-0.3, -0.25) is 0 Å². The minimum atomic E-state index is -0.752. The predicted molar refractivity (Wildman–Crippen MR) is 126 cm³/mol. The molecule has 4 aliphatic carbocycles. The van der Waals surface area contributed by atoms with Crippen molar-refractivity contribution >= 4 is 0 Å². The number of hydrogen-bond donors (Lipinski definition) is 3. The SMILES string of the molecule is C[C@H](CC[C@@](C)(O)CCO)[C@H]1C=C[C@H]2[C@@H]3CCC4C[C@@](C)(O)CC[C@]4(C)[C@H]3CC[C@]12C. The summed E-state index contributed by atoms with van der Waals surface area (Å²) >= 11 is 0. The summed E-state index contributed by atoms with van der Waals surface area (Å²) in [6.45, 7) is 11.5. The van der Waals surface area contributed by atoms with Crippen LogP contribution in [0.4, 0.5) is 0 Å². The van der Waals surface area contributed by atoms with Gasteiger partial charge in [0, 0.05) is 6.61 Å². The normalized spacial score (nSPS) is 49.6. The fourth-order valence-electron chi connectivity index (χ4n) is 8.84. The molecule has 0 saturated heterocycles. The van der Waals surface area contributed by atoms with Crippen LogP contribution in [0.25, 0.3) is 0 Å². The maximum Gasteiger partial charge on any atom is 0.0641 e. The first kappa shape index (κ1) is 23.8. The first-order valence-corrected chi connectivity index (χ1v) is 13.2. The second kappa shape index (κ2) is 8.13. The Morgan fingerprint density at radius 2 is 1.74 bits per heavy atom. The van der Waals surface area contributed by atoms with Crippen LogP contribution < -0.4 is 0 Å². The molecule has 3 saturated carbocycles. The van der Waals surface area contributed by atoms with Crippen molar-refractivity contribution in [2.75, 3.05) is 6.61 Å². The molecule has 0 amide bonds. The highest BCUT2D eigenvalue weighted by molar-refractivity contribution is 5.20. The Bertz CT molecular complexity index is 682. The summed E-state index contributed by atoms with van der Waals surface area (Å²) in [4.78, 5) is 0. The van der Waals surface area contributed by atoms with E-state index in [-0.39, 0.29) is 6.61 Å². The molecule has 3 fully saturated rings. The number of aliphatic hydroxyl groups excluding tert-OH is 1. The van der Waals surface area contributed by atoms with E-state index >= 15 is 0 Å². The fraction of sp³-hybridized carbons (Fsp3) is 0.929. The fourth-order valence-corrected chi connectivity index (χ4v) is 8.84. The quantitative estimate of drug-likeness (QED) is 0.470. The van der Waals surface area contributed by atoms with Gasteiger partial charge in [0.1, 0.15) is 0 Å². The third kappa shape index (κ3) is 4.17. The predicted octanol–water partition coefficient (Wildman–Crippen LogP) is 5.72. The maximum atomic E-state index is 10.7. The molecule has 31 heavy (non-hydrogen) atoms. The van der Waals surface area contributed by atoms with E-state index < -0.39 is 11.2 Å². The Kier molecular flexibility index (Phi) is 6.24. The van der Waals surface area contributed by atoms with Gasteiger partial charge >= 0.3 is 0 Å². The molecule has 10 atom stereocenters. The molecule has 0 radical (unpaired) electrons. The van der Waals surface area contributed by atoms with Crippen LogP contribution in [0.3, 0.4) is 0 Å². The van der Waals surface area contributed by atoms with Crippen LogP contribution in [-0.4, -0.2) is 33.1 Å². The zero-order chi connectivity index (χ0) is 22.7. The van der Waals surface area contributed by atoms with Crippen LogP contribution in [-0.2, 0) is 0 Å². The van der Waals surface area contributed by atoms with Crippen molar-refractivity contribution < 1.29 is 15.3 Å². The van der Waals surface area contributed by atoms with E-state index in [2.05, 4.69) is 39.8 Å². The molecule has 0 aliphatic heterocycles. The number of hydrogen-bond acceptors (Lipinski definition) is 3. The van der Waals surface area contributed by atoms with E-state index in [1.165, 1.54) is 32.1 Å². The summed E-state index contributed by atoms with van der Waals surface area (Å²) in [7, 11) is 0. The van der Waals surface area contributed by atoms with E-state index in [1.807, 2.05) is 6.92 Å². The van der Waals surface area contributed by atoms with Crippen LogP contribution in [0, 0.1) is 46.3 Å². The van der Waals surface area contributed by atoms with Crippen molar-refractivity contribution in [1.82, 2.24) is 0 Å². The molecule has 4 rings (SSSR count). The lowest BCUT2D eigenvalue weighted by atomic mass is 9.43. The maximum absolute atomic E-state index is 10.7. The van der Waals surface area contributed by atoms with E-state index in [9.17, 15) is 15.3 Å². The van der Waals surface area contributed by atoms with Crippen LogP contribution in [0.15, 0.2) is 12.2 Å². The Hall–Kier alpha value is -0.380. The van der Waals surface area contributed by atoms with Crippen molar-refractivity contribution in [3.05, 3.63) is 12.2 Å². The van der Waals surface area contributed by atoms with Gasteiger partial charge in [0.2, 0.25) is 0 Å². The van der Waals surface area contributed by atoms with Crippen molar-refractivity contribution in [1.29, 1.82) is 0 Å². The van der Waals surface area contributed by atoms with Crippen LogP contribution in [0.5, 0.6) is 0 Å². The number of allylic oxidation sites excluding steroid dienone is 2. The summed E-state index contributed by atoms with van der Waals surface area (Å²) in [5, 5.41) is 30.5. The van der Waals surface area contributed by atoms with Crippen LogP contribution >= 0.6 is 0 Å². The second-order valence-corrected chi connectivity index (χ2v) is 13.2. The lowest BCUT2D eigenvalue weighted by molar-refractivity contribution is -0.144. The van der Waals surface area contributed by atoms with Gasteiger partial charge in [0.25, 0.3) is 0 Å². The van der Waals surface area contributed by atoms with Gasteiger partial charge in [-0.1, -0.05) is 32.9 Å². The van der Waals surface area contributed by atoms with E-state index in [1.54, 1.807) is 0 Å². The summed E-state index contributed by atoms with van der Waals surface area (Å²) in [6, 6.07) is 0. The molecule has 0 aromatic rings. The highest BCUT2D eigenvalue weighted by Gasteiger charge is 2.60. The van der Waals surface area contributed by atoms with Gasteiger partial charge < -0.3 is 15.3 Å². The van der Waals surface area contributed by atoms with Gasteiger partial charge in [-0.15, -0.1) is 0 Å². The van der Waals surface area contributed by atoms with Gasteiger partial charge in [0.05, 0.1) is 11.2 Å². The average molecular weight is 433 g/mol. The zero-order valence-electron chi connectivity index (χ0n) is 20.7. The number of aliphatic hydroxyl groups is 3. The highest BCUT2D eigenvalue weighted by atomic mass is 16.3. The minimum Gasteiger partial charge on any atom is -0.396 e. The molecular formula is C28H48O3. The molecule has 3 heteroatoms. The lowest BCUT2D eigenvalue weighted by Gasteiger charge is -2.62. The van der Waals surface area contributed by atoms with Gasteiger partial charge in [-0.2, -0.15) is 0 Å². The molecule has 0 bridgehead atoms. The minimum absolute atomic E-state index is 0.0583. The average Bonchev–Trinajstić information content (AvgIpc) is 3.04.